The Hall–Kier alpha value is -1.51. The first-order valence-electron chi connectivity index (χ1n) is 6.09. The second kappa shape index (κ2) is 4.40. The van der Waals surface area contributed by atoms with Crippen LogP contribution in [0.3, 0.4) is 0 Å². The molecule has 0 saturated carbocycles. The molecule has 92 valence electrons. The van der Waals surface area contributed by atoms with Gasteiger partial charge in [-0.25, -0.2) is 0 Å². The summed E-state index contributed by atoms with van der Waals surface area (Å²) in [7, 11) is 0. The van der Waals surface area contributed by atoms with E-state index in [-0.39, 0.29) is 11.7 Å². The minimum atomic E-state index is 0.0251. The number of likely N-dealkylation sites (tertiary alicyclic amines) is 1. The fourth-order valence-electron chi connectivity index (χ4n) is 2.49. The largest absolute Gasteiger partial charge is 0.508 e. The molecule has 1 aromatic rings. The summed E-state index contributed by atoms with van der Waals surface area (Å²) in [5.41, 5.74) is 1.37. The first-order chi connectivity index (χ1) is 7.99. The number of nitrogens with zero attached hydrogens (tertiary/aromatic N) is 1. The highest BCUT2D eigenvalue weighted by atomic mass is 16.3. The van der Waals surface area contributed by atoms with Crippen molar-refractivity contribution in [1.29, 1.82) is 0 Å². The van der Waals surface area contributed by atoms with Gasteiger partial charge in [0.2, 0.25) is 0 Å². The number of aromatic hydroxyl groups is 1. The van der Waals surface area contributed by atoms with E-state index in [9.17, 15) is 9.90 Å². The van der Waals surface area contributed by atoms with Gasteiger partial charge < -0.3 is 10.0 Å². The number of phenolic OH excluding ortho intramolecular Hbond substituents is 1. The Balaban J connectivity index is 2.22. The number of aryl methyl sites for hydroxylation is 1. The number of carbonyl (C=O) groups excluding carboxylic acids is 1. The second-order valence-corrected chi connectivity index (χ2v) is 5.15. The van der Waals surface area contributed by atoms with Crippen LogP contribution in [-0.2, 0) is 0 Å². The van der Waals surface area contributed by atoms with Gasteiger partial charge in [0.1, 0.15) is 5.75 Å². The molecular weight excluding hydrogens is 214 g/mol. The van der Waals surface area contributed by atoms with E-state index in [1.54, 1.807) is 18.2 Å². The molecule has 2 atom stereocenters. The number of hydrogen-bond acceptors (Lipinski definition) is 2. The quantitative estimate of drug-likeness (QED) is 0.810. The highest BCUT2D eigenvalue weighted by Crippen LogP contribution is 2.26. The first-order valence-corrected chi connectivity index (χ1v) is 6.09. The first kappa shape index (κ1) is 12.0. The standard InChI is InChI=1S/C14H19NO2/c1-9-6-11(3)15(8-9)14(17)12-5-4-10(2)13(16)7-12/h4-5,7,9,11,16H,6,8H2,1-3H3. The van der Waals surface area contributed by atoms with Gasteiger partial charge in [0, 0.05) is 18.2 Å². The molecule has 3 heteroatoms. The smallest absolute Gasteiger partial charge is 0.254 e. The molecule has 1 aromatic carbocycles. The summed E-state index contributed by atoms with van der Waals surface area (Å²) < 4.78 is 0. The van der Waals surface area contributed by atoms with Gasteiger partial charge in [-0.3, -0.25) is 4.79 Å². The zero-order valence-corrected chi connectivity index (χ0v) is 10.6. The summed E-state index contributed by atoms with van der Waals surface area (Å²) in [6.07, 6.45) is 1.06. The van der Waals surface area contributed by atoms with Crippen LogP contribution >= 0.6 is 0 Å². The van der Waals surface area contributed by atoms with E-state index < -0.39 is 0 Å². The third-order valence-corrected chi connectivity index (χ3v) is 3.50. The molecular formula is C14H19NO2. The summed E-state index contributed by atoms with van der Waals surface area (Å²) in [5, 5.41) is 9.64. The lowest BCUT2D eigenvalue weighted by molar-refractivity contribution is 0.0743. The summed E-state index contributed by atoms with van der Waals surface area (Å²) in [4.78, 5) is 14.2. The van der Waals surface area contributed by atoms with E-state index in [4.69, 9.17) is 0 Å². The van der Waals surface area contributed by atoms with Crippen LogP contribution < -0.4 is 0 Å². The van der Waals surface area contributed by atoms with Crippen molar-refractivity contribution in [3.63, 3.8) is 0 Å². The molecule has 1 amide bonds. The predicted molar refractivity (Wildman–Crippen MR) is 67.1 cm³/mol. The monoisotopic (exact) mass is 233 g/mol. The minimum absolute atomic E-state index is 0.0251. The predicted octanol–water partition coefficient (Wildman–Crippen LogP) is 2.57. The van der Waals surface area contributed by atoms with Crippen LogP contribution in [0.2, 0.25) is 0 Å². The molecule has 1 aliphatic heterocycles. The third kappa shape index (κ3) is 2.28. The van der Waals surface area contributed by atoms with Crippen molar-refractivity contribution in [3.8, 4) is 5.75 Å². The molecule has 1 aliphatic rings. The van der Waals surface area contributed by atoms with Crippen molar-refractivity contribution in [1.82, 2.24) is 4.90 Å². The SMILES string of the molecule is Cc1ccc(C(=O)N2CC(C)CC2C)cc1O. The van der Waals surface area contributed by atoms with Gasteiger partial charge in [-0.05, 0) is 43.9 Å². The summed E-state index contributed by atoms with van der Waals surface area (Å²) in [5.74, 6) is 0.779. The Morgan fingerprint density at radius 3 is 2.65 bits per heavy atom. The molecule has 3 nitrogen and oxygen atoms in total. The van der Waals surface area contributed by atoms with Crippen molar-refractivity contribution in [2.75, 3.05) is 6.54 Å². The third-order valence-electron chi connectivity index (χ3n) is 3.50. The topological polar surface area (TPSA) is 40.5 Å². The summed E-state index contributed by atoms with van der Waals surface area (Å²) in [6.45, 7) is 6.88. The lowest BCUT2D eigenvalue weighted by Gasteiger charge is -2.21. The number of rotatable bonds is 1. The Morgan fingerprint density at radius 1 is 1.41 bits per heavy atom. The number of hydrogen-bond donors (Lipinski definition) is 1. The highest BCUT2D eigenvalue weighted by molar-refractivity contribution is 5.95. The number of phenols is 1. The van der Waals surface area contributed by atoms with Gasteiger partial charge in [0.25, 0.3) is 5.91 Å². The Kier molecular flexibility index (Phi) is 3.09. The average molecular weight is 233 g/mol. The Morgan fingerprint density at radius 2 is 2.12 bits per heavy atom. The van der Waals surface area contributed by atoms with Crippen LogP contribution in [-0.4, -0.2) is 28.5 Å². The Labute approximate surface area is 102 Å². The Bertz CT molecular complexity index is 442. The normalized spacial score (nSPS) is 24.1. The second-order valence-electron chi connectivity index (χ2n) is 5.15. The molecule has 0 bridgehead atoms. The van der Waals surface area contributed by atoms with Crippen LogP contribution in [0.15, 0.2) is 18.2 Å². The maximum atomic E-state index is 12.3. The molecule has 0 aromatic heterocycles. The van der Waals surface area contributed by atoms with Gasteiger partial charge in [0.05, 0.1) is 0 Å². The van der Waals surface area contributed by atoms with Crippen molar-refractivity contribution in [2.24, 2.45) is 5.92 Å². The highest BCUT2D eigenvalue weighted by Gasteiger charge is 2.30. The van der Waals surface area contributed by atoms with Gasteiger partial charge in [-0.1, -0.05) is 13.0 Å². The maximum Gasteiger partial charge on any atom is 0.254 e. The van der Waals surface area contributed by atoms with Gasteiger partial charge in [-0.2, -0.15) is 0 Å². The van der Waals surface area contributed by atoms with E-state index in [1.165, 1.54) is 0 Å². The van der Waals surface area contributed by atoms with E-state index in [0.717, 1.165) is 18.5 Å². The molecule has 1 fully saturated rings. The van der Waals surface area contributed by atoms with E-state index in [1.807, 2.05) is 11.8 Å². The van der Waals surface area contributed by atoms with E-state index in [2.05, 4.69) is 13.8 Å². The van der Waals surface area contributed by atoms with Crippen molar-refractivity contribution in [2.45, 2.75) is 33.2 Å². The van der Waals surface area contributed by atoms with Crippen LogP contribution in [0.4, 0.5) is 0 Å². The zero-order valence-electron chi connectivity index (χ0n) is 10.6. The van der Waals surface area contributed by atoms with Gasteiger partial charge in [-0.15, -0.1) is 0 Å². The van der Waals surface area contributed by atoms with Crippen molar-refractivity contribution < 1.29 is 9.90 Å². The molecule has 2 unspecified atom stereocenters. The fraction of sp³-hybridized carbons (Fsp3) is 0.500. The molecule has 0 aliphatic carbocycles. The zero-order chi connectivity index (χ0) is 12.6. The van der Waals surface area contributed by atoms with E-state index >= 15 is 0 Å². The minimum Gasteiger partial charge on any atom is -0.508 e. The molecule has 1 heterocycles. The molecule has 1 saturated heterocycles. The molecule has 0 spiro atoms. The average Bonchev–Trinajstić information content (AvgIpc) is 2.61. The lowest BCUT2D eigenvalue weighted by Crippen LogP contribution is -2.33. The maximum absolute atomic E-state index is 12.3. The van der Waals surface area contributed by atoms with Crippen molar-refractivity contribution in [3.05, 3.63) is 29.3 Å². The fourth-order valence-corrected chi connectivity index (χ4v) is 2.49. The summed E-state index contributed by atoms with van der Waals surface area (Å²) >= 11 is 0. The van der Waals surface area contributed by atoms with Crippen LogP contribution in [0.5, 0.6) is 5.75 Å². The molecule has 17 heavy (non-hydrogen) atoms. The van der Waals surface area contributed by atoms with Crippen LogP contribution in [0.25, 0.3) is 0 Å². The van der Waals surface area contributed by atoms with Gasteiger partial charge in [0.15, 0.2) is 0 Å². The molecule has 0 radical (unpaired) electrons. The number of carbonyl (C=O) groups is 1. The number of benzene rings is 1. The van der Waals surface area contributed by atoms with Crippen LogP contribution in [0.1, 0.15) is 36.2 Å². The van der Waals surface area contributed by atoms with Gasteiger partial charge >= 0.3 is 0 Å². The van der Waals surface area contributed by atoms with Crippen LogP contribution in [0, 0.1) is 12.8 Å². The summed E-state index contributed by atoms with van der Waals surface area (Å²) in [6, 6.07) is 5.42. The van der Waals surface area contributed by atoms with E-state index in [0.29, 0.717) is 17.5 Å². The molecule has 1 N–H and O–H groups in total. The molecule has 2 rings (SSSR count). The van der Waals surface area contributed by atoms with Crippen molar-refractivity contribution >= 4 is 5.91 Å². The lowest BCUT2D eigenvalue weighted by atomic mass is 10.1. The number of amides is 1.